The number of halogens is 3. The van der Waals surface area contributed by atoms with Gasteiger partial charge in [-0.25, -0.2) is 15.4 Å². The van der Waals surface area contributed by atoms with Gasteiger partial charge < -0.3 is 4.85 Å². The Hall–Kier alpha value is -2.25. The third-order valence-electron chi connectivity index (χ3n) is 3.32. The molecule has 0 amide bonds. The van der Waals surface area contributed by atoms with Crippen molar-refractivity contribution >= 4 is 17.4 Å². The van der Waals surface area contributed by atoms with Gasteiger partial charge in [-0.2, -0.15) is 0 Å². The van der Waals surface area contributed by atoms with E-state index in [-0.39, 0.29) is 29.1 Å². The van der Waals surface area contributed by atoms with Gasteiger partial charge in [0.25, 0.3) is 0 Å². The molecule has 0 aromatic heterocycles. The van der Waals surface area contributed by atoms with Crippen LogP contribution in [0.2, 0.25) is 5.02 Å². The second kappa shape index (κ2) is 7.15. The molecule has 0 radical (unpaired) electrons. The summed E-state index contributed by atoms with van der Waals surface area (Å²) in [5.41, 5.74) is 0.0214. The zero-order valence-corrected chi connectivity index (χ0v) is 12.3. The monoisotopic (exact) mass is 319 g/mol. The van der Waals surface area contributed by atoms with E-state index in [0.29, 0.717) is 0 Å². The first-order valence-corrected chi connectivity index (χ1v) is 6.99. The maximum atomic E-state index is 14.1. The van der Waals surface area contributed by atoms with Gasteiger partial charge in [-0.15, -0.1) is 0 Å². The molecule has 0 bridgehead atoms. The van der Waals surface area contributed by atoms with Crippen molar-refractivity contribution in [1.82, 2.24) is 0 Å². The molecule has 1 unspecified atom stereocenters. The number of hydrogen-bond acceptors (Lipinski definition) is 1. The molecule has 0 aliphatic rings. The molecular weight excluding hydrogens is 308 g/mol. The van der Waals surface area contributed by atoms with Gasteiger partial charge in [-0.3, -0.25) is 4.79 Å². The highest BCUT2D eigenvalue weighted by molar-refractivity contribution is 6.30. The molecule has 112 valence electrons. The van der Waals surface area contributed by atoms with E-state index >= 15 is 0 Å². The van der Waals surface area contributed by atoms with Crippen molar-refractivity contribution in [1.29, 1.82) is 0 Å². The topological polar surface area (TPSA) is 21.4 Å². The maximum absolute atomic E-state index is 14.1. The Balaban J connectivity index is 2.44. The number of Topliss-reactive ketones (excluding diaryl/α,β-unsaturated/α-hetero) is 1. The lowest BCUT2D eigenvalue weighted by Gasteiger charge is -2.15. The molecule has 0 fully saturated rings. The Morgan fingerprint density at radius 3 is 2.55 bits per heavy atom. The van der Waals surface area contributed by atoms with Crippen molar-refractivity contribution in [3.63, 3.8) is 0 Å². The zero-order valence-electron chi connectivity index (χ0n) is 11.5. The van der Waals surface area contributed by atoms with Crippen LogP contribution in [0, 0.1) is 18.2 Å². The van der Waals surface area contributed by atoms with Crippen molar-refractivity contribution in [2.45, 2.75) is 12.3 Å². The number of carbonyl (C=O) groups is 1. The molecule has 1 atom stereocenters. The van der Waals surface area contributed by atoms with Crippen molar-refractivity contribution in [2.75, 3.05) is 6.54 Å². The molecule has 5 heteroatoms. The average Bonchev–Trinajstić information content (AvgIpc) is 2.49. The molecule has 0 spiro atoms. The van der Waals surface area contributed by atoms with Gasteiger partial charge in [0.05, 0.1) is 11.5 Å². The average molecular weight is 320 g/mol. The third-order valence-corrected chi connectivity index (χ3v) is 3.56. The largest absolute Gasteiger partial charge is 0.317 e. The van der Waals surface area contributed by atoms with Gasteiger partial charge in [-0.1, -0.05) is 29.8 Å². The van der Waals surface area contributed by atoms with Crippen molar-refractivity contribution in [3.8, 4) is 0 Å². The van der Waals surface area contributed by atoms with E-state index in [1.807, 2.05) is 0 Å². The van der Waals surface area contributed by atoms with Crippen LogP contribution in [0.4, 0.5) is 8.78 Å². The molecule has 2 rings (SSSR count). The van der Waals surface area contributed by atoms with E-state index in [9.17, 15) is 13.6 Å². The van der Waals surface area contributed by atoms with Crippen LogP contribution in [0.25, 0.3) is 4.85 Å². The normalized spacial score (nSPS) is 11.7. The van der Waals surface area contributed by atoms with Crippen molar-refractivity contribution in [2.24, 2.45) is 0 Å². The summed E-state index contributed by atoms with van der Waals surface area (Å²) in [6, 6.07) is 9.54. The SMILES string of the molecule is [C-]#[N+]CCC(C(=O)c1ccccc1F)c1ccc(Cl)cc1F. The minimum Gasteiger partial charge on any atom is -0.317 e. The lowest BCUT2D eigenvalue weighted by Crippen LogP contribution is -2.17. The van der Waals surface area contributed by atoms with Gasteiger partial charge in [0.2, 0.25) is 6.54 Å². The molecule has 2 aromatic rings. The number of ketones is 1. The lowest BCUT2D eigenvalue weighted by molar-refractivity contribution is 0.0951. The summed E-state index contributed by atoms with van der Waals surface area (Å²) in [5.74, 6) is -2.74. The summed E-state index contributed by atoms with van der Waals surface area (Å²) in [6.07, 6.45) is 0.120. The third kappa shape index (κ3) is 3.49. The number of hydrogen-bond donors (Lipinski definition) is 0. The molecule has 0 saturated carbocycles. The zero-order chi connectivity index (χ0) is 16.1. The molecule has 0 aliphatic carbocycles. The second-order valence-electron chi connectivity index (χ2n) is 4.73. The van der Waals surface area contributed by atoms with E-state index in [1.54, 1.807) is 6.07 Å². The van der Waals surface area contributed by atoms with Crippen LogP contribution in [0.5, 0.6) is 0 Å². The predicted octanol–water partition coefficient (Wildman–Crippen LogP) is 4.89. The summed E-state index contributed by atoms with van der Waals surface area (Å²) in [7, 11) is 0. The minimum atomic E-state index is -0.914. The van der Waals surface area contributed by atoms with Crippen molar-refractivity contribution < 1.29 is 13.6 Å². The molecule has 0 heterocycles. The predicted molar refractivity (Wildman–Crippen MR) is 81.0 cm³/mol. The fourth-order valence-electron chi connectivity index (χ4n) is 2.25. The van der Waals surface area contributed by atoms with Gasteiger partial charge in [0, 0.05) is 11.4 Å². The molecule has 0 saturated heterocycles. The van der Waals surface area contributed by atoms with Crippen LogP contribution >= 0.6 is 11.6 Å². The standard InChI is InChI=1S/C17H12ClF2NO/c1-21-9-8-13(12-7-6-11(18)10-16(12)20)17(22)14-4-2-3-5-15(14)19/h2-7,10,13H,8-9H2. The molecule has 2 nitrogen and oxygen atoms in total. The van der Waals surface area contributed by atoms with Gasteiger partial charge in [0.1, 0.15) is 11.6 Å². The summed E-state index contributed by atoms with van der Waals surface area (Å²) < 4.78 is 27.9. The van der Waals surface area contributed by atoms with Gasteiger partial charge in [0.15, 0.2) is 5.78 Å². The minimum absolute atomic E-state index is 0.0485. The summed E-state index contributed by atoms with van der Waals surface area (Å²) >= 11 is 5.71. The van der Waals surface area contributed by atoms with Crippen LogP contribution < -0.4 is 0 Å². The lowest BCUT2D eigenvalue weighted by atomic mass is 9.87. The smallest absolute Gasteiger partial charge is 0.215 e. The van der Waals surface area contributed by atoms with E-state index in [1.165, 1.54) is 30.3 Å². The molecular formula is C17H12ClF2NO. The Labute approximate surface area is 132 Å². The first-order valence-electron chi connectivity index (χ1n) is 6.61. The summed E-state index contributed by atoms with van der Waals surface area (Å²) in [5, 5.41) is 0.212. The number of benzene rings is 2. The Morgan fingerprint density at radius 2 is 1.91 bits per heavy atom. The van der Waals surface area contributed by atoms with Crippen LogP contribution in [0.1, 0.15) is 28.3 Å². The highest BCUT2D eigenvalue weighted by Crippen LogP contribution is 2.29. The van der Waals surface area contributed by atoms with E-state index in [0.717, 1.165) is 6.07 Å². The first-order chi connectivity index (χ1) is 10.5. The van der Waals surface area contributed by atoms with Crippen LogP contribution in [0.15, 0.2) is 42.5 Å². The molecule has 2 aromatic carbocycles. The molecule has 0 aliphatic heterocycles. The Morgan fingerprint density at radius 1 is 1.18 bits per heavy atom. The van der Waals surface area contributed by atoms with Crippen LogP contribution in [-0.4, -0.2) is 12.3 Å². The Kier molecular flexibility index (Phi) is 5.24. The highest BCUT2D eigenvalue weighted by Gasteiger charge is 2.27. The van der Waals surface area contributed by atoms with Gasteiger partial charge in [-0.05, 0) is 29.8 Å². The van der Waals surface area contributed by atoms with E-state index in [2.05, 4.69) is 4.85 Å². The second-order valence-corrected chi connectivity index (χ2v) is 5.17. The summed E-state index contributed by atoms with van der Waals surface area (Å²) in [4.78, 5) is 15.8. The molecule has 0 N–H and O–H groups in total. The number of nitrogens with zero attached hydrogens (tertiary/aromatic N) is 1. The van der Waals surface area contributed by atoms with Crippen LogP contribution in [0.3, 0.4) is 0 Å². The highest BCUT2D eigenvalue weighted by atomic mass is 35.5. The quantitative estimate of drug-likeness (QED) is 0.567. The van der Waals surface area contributed by atoms with Crippen LogP contribution in [-0.2, 0) is 0 Å². The fraction of sp³-hybridized carbons (Fsp3) is 0.176. The Bertz CT molecular complexity index is 740. The fourth-order valence-corrected chi connectivity index (χ4v) is 2.41. The number of rotatable bonds is 5. The molecule has 22 heavy (non-hydrogen) atoms. The van der Waals surface area contributed by atoms with Crippen molar-refractivity contribution in [3.05, 3.63) is 81.7 Å². The first kappa shape index (κ1) is 16.1. The van der Waals surface area contributed by atoms with E-state index < -0.39 is 23.3 Å². The van der Waals surface area contributed by atoms with Gasteiger partial charge >= 0.3 is 0 Å². The van der Waals surface area contributed by atoms with E-state index in [4.69, 9.17) is 18.2 Å². The summed E-state index contributed by atoms with van der Waals surface area (Å²) in [6.45, 7) is 6.91. The number of carbonyl (C=O) groups excluding carboxylic acids is 1. The maximum Gasteiger partial charge on any atom is 0.215 e.